The fourth-order valence-electron chi connectivity index (χ4n) is 3.11. The lowest BCUT2D eigenvalue weighted by atomic mass is 10.1. The van der Waals surface area contributed by atoms with Crippen molar-refractivity contribution in [3.63, 3.8) is 0 Å². The molecule has 1 fully saturated rings. The van der Waals surface area contributed by atoms with Crippen molar-refractivity contribution in [1.29, 1.82) is 0 Å². The number of hydrogen-bond donors (Lipinski definition) is 0. The van der Waals surface area contributed by atoms with Crippen molar-refractivity contribution in [2.75, 3.05) is 26.2 Å². The summed E-state index contributed by atoms with van der Waals surface area (Å²) in [6.45, 7) is 5.71. The van der Waals surface area contributed by atoms with Crippen molar-refractivity contribution in [2.45, 2.75) is 13.5 Å². The fraction of sp³-hybridized carbons (Fsp3) is 0.316. The molecule has 7 heteroatoms. The van der Waals surface area contributed by atoms with Gasteiger partial charge in [0.15, 0.2) is 0 Å². The number of halogens is 1. The third-order valence-corrected chi connectivity index (χ3v) is 5.02. The zero-order valence-corrected chi connectivity index (χ0v) is 15.3. The minimum absolute atomic E-state index is 0.0367. The number of rotatable bonds is 4. The molecule has 1 saturated heterocycles. The first-order valence-corrected chi connectivity index (χ1v) is 8.83. The predicted octanol–water partition coefficient (Wildman–Crippen LogP) is 3.51. The van der Waals surface area contributed by atoms with Crippen LogP contribution in [-0.4, -0.2) is 46.8 Å². The first-order chi connectivity index (χ1) is 12.5. The molecule has 0 atom stereocenters. The normalized spacial score (nSPS) is 15.1. The van der Waals surface area contributed by atoms with E-state index < -0.39 is 4.92 Å². The number of nitro groups is 1. The van der Waals surface area contributed by atoms with Gasteiger partial charge in [0, 0.05) is 44.4 Å². The number of amides is 1. The number of nitro benzene ring substituents is 1. The van der Waals surface area contributed by atoms with Gasteiger partial charge in [0.25, 0.3) is 11.6 Å². The fourth-order valence-corrected chi connectivity index (χ4v) is 3.29. The summed E-state index contributed by atoms with van der Waals surface area (Å²) < 4.78 is 0. The Hall–Kier alpha value is -2.44. The maximum Gasteiger partial charge on any atom is 0.288 e. The van der Waals surface area contributed by atoms with Gasteiger partial charge in [-0.1, -0.05) is 35.9 Å². The lowest BCUT2D eigenvalue weighted by Crippen LogP contribution is -2.48. The molecule has 26 heavy (non-hydrogen) atoms. The molecule has 0 spiro atoms. The third-order valence-electron chi connectivity index (χ3n) is 4.70. The van der Waals surface area contributed by atoms with Gasteiger partial charge in [0.1, 0.15) is 5.02 Å². The van der Waals surface area contributed by atoms with Gasteiger partial charge in [-0.15, -0.1) is 0 Å². The number of carbonyl (C=O) groups excluding carboxylic acids is 1. The summed E-state index contributed by atoms with van der Waals surface area (Å²) in [6, 6.07) is 12.5. The summed E-state index contributed by atoms with van der Waals surface area (Å²) in [5.74, 6) is -0.194. The van der Waals surface area contributed by atoms with Crippen molar-refractivity contribution < 1.29 is 9.72 Å². The number of benzene rings is 2. The van der Waals surface area contributed by atoms with E-state index in [2.05, 4.69) is 24.0 Å². The van der Waals surface area contributed by atoms with Crippen LogP contribution in [0.25, 0.3) is 0 Å². The molecule has 3 rings (SSSR count). The Morgan fingerprint density at radius 2 is 1.85 bits per heavy atom. The van der Waals surface area contributed by atoms with Crippen LogP contribution in [0.3, 0.4) is 0 Å². The smallest absolute Gasteiger partial charge is 0.288 e. The van der Waals surface area contributed by atoms with Crippen LogP contribution in [0.4, 0.5) is 5.69 Å². The number of nitrogens with zero attached hydrogens (tertiary/aromatic N) is 3. The lowest BCUT2D eigenvalue weighted by molar-refractivity contribution is -0.384. The second kappa shape index (κ2) is 7.85. The molecule has 136 valence electrons. The van der Waals surface area contributed by atoms with Crippen LogP contribution in [0.2, 0.25) is 5.02 Å². The molecular formula is C19H20ClN3O3. The zero-order valence-electron chi connectivity index (χ0n) is 14.5. The predicted molar refractivity (Wildman–Crippen MR) is 100 cm³/mol. The standard InChI is InChI=1S/C19H20ClN3O3/c1-14-4-2-3-5-16(14)13-21-8-10-22(11-9-21)19(24)15-6-7-17(20)18(12-15)23(25)26/h2-7,12H,8-11,13H2,1H3. The molecule has 0 N–H and O–H groups in total. The Morgan fingerprint density at radius 3 is 2.50 bits per heavy atom. The average molecular weight is 374 g/mol. The highest BCUT2D eigenvalue weighted by Crippen LogP contribution is 2.26. The Balaban J connectivity index is 1.63. The van der Waals surface area contributed by atoms with Crippen LogP contribution in [0.15, 0.2) is 42.5 Å². The molecule has 0 saturated carbocycles. The van der Waals surface area contributed by atoms with E-state index in [1.54, 1.807) is 4.90 Å². The first kappa shape index (κ1) is 18.4. The van der Waals surface area contributed by atoms with E-state index in [1.165, 1.54) is 29.3 Å². The highest BCUT2D eigenvalue weighted by Gasteiger charge is 2.24. The SMILES string of the molecule is Cc1ccccc1CN1CCN(C(=O)c2ccc(Cl)c([N+](=O)[O-])c2)CC1. The highest BCUT2D eigenvalue weighted by atomic mass is 35.5. The summed E-state index contributed by atoms with van der Waals surface area (Å²) in [5.41, 5.74) is 2.62. The van der Waals surface area contributed by atoms with Gasteiger partial charge in [-0.05, 0) is 30.2 Å². The summed E-state index contributed by atoms with van der Waals surface area (Å²) >= 11 is 5.82. The third kappa shape index (κ3) is 4.03. The lowest BCUT2D eigenvalue weighted by Gasteiger charge is -2.35. The highest BCUT2D eigenvalue weighted by molar-refractivity contribution is 6.32. The van der Waals surface area contributed by atoms with Crippen molar-refractivity contribution in [1.82, 2.24) is 9.80 Å². The molecule has 2 aromatic rings. The maximum atomic E-state index is 12.6. The van der Waals surface area contributed by atoms with E-state index in [9.17, 15) is 14.9 Å². The van der Waals surface area contributed by atoms with Gasteiger partial charge in [-0.2, -0.15) is 0 Å². The van der Waals surface area contributed by atoms with Crippen molar-refractivity contribution in [3.8, 4) is 0 Å². The topological polar surface area (TPSA) is 66.7 Å². The molecule has 0 aliphatic carbocycles. The van der Waals surface area contributed by atoms with E-state index in [0.717, 1.165) is 19.6 Å². The zero-order chi connectivity index (χ0) is 18.7. The first-order valence-electron chi connectivity index (χ1n) is 8.46. The summed E-state index contributed by atoms with van der Waals surface area (Å²) in [7, 11) is 0. The monoisotopic (exact) mass is 373 g/mol. The van der Waals surface area contributed by atoms with Crippen LogP contribution in [-0.2, 0) is 6.54 Å². The molecule has 0 unspecified atom stereocenters. The minimum atomic E-state index is -0.570. The van der Waals surface area contributed by atoms with E-state index in [0.29, 0.717) is 18.7 Å². The molecule has 6 nitrogen and oxygen atoms in total. The van der Waals surface area contributed by atoms with Gasteiger partial charge >= 0.3 is 0 Å². The Kier molecular flexibility index (Phi) is 5.54. The molecule has 1 aliphatic heterocycles. The number of piperazine rings is 1. The maximum absolute atomic E-state index is 12.6. The molecule has 2 aromatic carbocycles. The second-order valence-electron chi connectivity index (χ2n) is 6.42. The quantitative estimate of drug-likeness (QED) is 0.607. The number of carbonyl (C=O) groups is 1. The number of hydrogen-bond acceptors (Lipinski definition) is 4. The molecule has 0 radical (unpaired) electrons. The van der Waals surface area contributed by atoms with E-state index in [4.69, 9.17) is 11.6 Å². The molecule has 0 aromatic heterocycles. The molecular weight excluding hydrogens is 354 g/mol. The Bertz CT molecular complexity index is 833. The van der Waals surface area contributed by atoms with Crippen LogP contribution < -0.4 is 0 Å². The van der Waals surface area contributed by atoms with Crippen molar-refractivity contribution in [3.05, 3.63) is 74.3 Å². The van der Waals surface area contributed by atoms with Crippen LogP contribution in [0.1, 0.15) is 21.5 Å². The van der Waals surface area contributed by atoms with E-state index in [-0.39, 0.29) is 16.6 Å². The minimum Gasteiger partial charge on any atom is -0.336 e. The molecule has 1 heterocycles. The summed E-state index contributed by atoms with van der Waals surface area (Å²) in [6.07, 6.45) is 0. The average Bonchev–Trinajstić information content (AvgIpc) is 2.64. The second-order valence-corrected chi connectivity index (χ2v) is 6.83. The van der Waals surface area contributed by atoms with E-state index in [1.807, 2.05) is 12.1 Å². The van der Waals surface area contributed by atoms with Gasteiger partial charge < -0.3 is 4.90 Å². The molecule has 1 aliphatic rings. The van der Waals surface area contributed by atoms with E-state index >= 15 is 0 Å². The largest absolute Gasteiger partial charge is 0.336 e. The number of aryl methyl sites for hydroxylation is 1. The van der Waals surface area contributed by atoms with Crippen molar-refractivity contribution >= 4 is 23.2 Å². The summed E-state index contributed by atoms with van der Waals surface area (Å²) in [5, 5.41) is 11.0. The van der Waals surface area contributed by atoms with Gasteiger partial charge in [-0.25, -0.2) is 0 Å². The van der Waals surface area contributed by atoms with Crippen LogP contribution in [0.5, 0.6) is 0 Å². The van der Waals surface area contributed by atoms with Gasteiger partial charge in [0.2, 0.25) is 0 Å². The van der Waals surface area contributed by atoms with Crippen LogP contribution in [0, 0.1) is 17.0 Å². The summed E-state index contributed by atoms with van der Waals surface area (Å²) in [4.78, 5) is 27.1. The van der Waals surface area contributed by atoms with Gasteiger partial charge in [0.05, 0.1) is 4.92 Å². The Morgan fingerprint density at radius 1 is 1.15 bits per heavy atom. The molecule has 0 bridgehead atoms. The molecule has 1 amide bonds. The van der Waals surface area contributed by atoms with Gasteiger partial charge in [-0.3, -0.25) is 19.8 Å². The Labute approximate surface area is 157 Å². The van der Waals surface area contributed by atoms with Crippen LogP contribution >= 0.6 is 11.6 Å². The van der Waals surface area contributed by atoms with Crippen molar-refractivity contribution in [2.24, 2.45) is 0 Å².